The van der Waals surface area contributed by atoms with Gasteiger partial charge in [0.05, 0.1) is 0 Å². The smallest absolute Gasteiger partial charge is 0 e. The lowest BCUT2D eigenvalue weighted by molar-refractivity contribution is 0.283. The minimum absolute atomic E-state index is 0. The maximum Gasteiger partial charge on any atom is 0 e. The third-order valence-corrected chi connectivity index (χ3v) is 2.09. The van der Waals surface area contributed by atoms with Gasteiger partial charge in [0, 0.05) is 8.41 Å². The average Bonchev–Trinajstić information content (AvgIpc) is 2.42. The molecular weight excluding hydrogens is 147 g/mol. The molecule has 0 aromatic carbocycles. The molecule has 1 nitrogen and oxygen atoms in total. The van der Waals surface area contributed by atoms with Gasteiger partial charge < -0.3 is 5.48 Å². The van der Waals surface area contributed by atoms with Crippen LogP contribution >= 0.6 is 0 Å². The molecule has 73 valence electrons. The Balaban J connectivity index is -0.000000138. The predicted molar refractivity (Wildman–Crippen MR) is 57.5 cm³/mol. The van der Waals surface area contributed by atoms with Crippen LogP contribution in [0.5, 0.6) is 0 Å². The van der Waals surface area contributed by atoms with E-state index in [0.29, 0.717) is 5.41 Å². The molecule has 1 saturated carbocycles. The first kappa shape index (κ1) is 17.9. The third-order valence-electron chi connectivity index (χ3n) is 2.09. The standard InChI is InChI=1S/C7H16.C3H6.B.H2O/c1-6(2)7(3,4)5;1-2-3-1;;/h6H,1-5H3;1-3H2;;1H2. The molecule has 0 spiro atoms. The van der Waals surface area contributed by atoms with Gasteiger partial charge in [-0.2, -0.15) is 0 Å². The quantitative estimate of drug-likeness (QED) is 0.502. The van der Waals surface area contributed by atoms with Crippen molar-refractivity contribution < 1.29 is 5.48 Å². The van der Waals surface area contributed by atoms with Crippen LogP contribution in [0.1, 0.15) is 53.9 Å². The highest BCUT2D eigenvalue weighted by Crippen LogP contribution is 2.23. The van der Waals surface area contributed by atoms with Crippen molar-refractivity contribution in [1.82, 2.24) is 0 Å². The second-order valence-corrected chi connectivity index (χ2v) is 4.58. The van der Waals surface area contributed by atoms with E-state index in [1.807, 2.05) is 0 Å². The van der Waals surface area contributed by atoms with Gasteiger partial charge in [0.2, 0.25) is 0 Å². The molecule has 0 unspecified atom stereocenters. The van der Waals surface area contributed by atoms with Crippen LogP contribution in [0.3, 0.4) is 0 Å². The summed E-state index contributed by atoms with van der Waals surface area (Å²) in [6, 6.07) is 0. The molecule has 2 N–H and O–H groups in total. The van der Waals surface area contributed by atoms with E-state index in [2.05, 4.69) is 34.6 Å². The van der Waals surface area contributed by atoms with E-state index in [4.69, 9.17) is 0 Å². The fourth-order valence-corrected chi connectivity index (χ4v) is 0. The van der Waals surface area contributed by atoms with E-state index >= 15 is 0 Å². The third kappa shape index (κ3) is 16.5. The van der Waals surface area contributed by atoms with Gasteiger partial charge in [0.25, 0.3) is 0 Å². The molecule has 0 aromatic rings. The van der Waals surface area contributed by atoms with Crippen LogP contribution in [0.2, 0.25) is 0 Å². The summed E-state index contributed by atoms with van der Waals surface area (Å²) < 4.78 is 0. The van der Waals surface area contributed by atoms with E-state index in [9.17, 15) is 0 Å². The van der Waals surface area contributed by atoms with Gasteiger partial charge in [-0.25, -0.2) is 0 Å². The number of hydrogen-bond donors (Lipinski definition) is 0. The molecule has 0 saturated heterocycles. The summed E-state index contributed by atoms with van der Waals surface area (Å²) in [7, 11) is 0. The van der Waals surface area contributed by atoms with Crippen molar-refractivity contribution in [3.05, 3.63) is 0 Å². The van der Waals surface area contributed by atoms with Crippen LogP contribution in [-0.2, 0) is 0 Å². The molecule has 1 aliphatic carbocycles. The highest BCUT2D eigenvalue weighted by molar-refractivity contribution is 5.75. The van der Waals surface area contributed by atoms with Crippen LogP contribution in [0, 0.1) is 11.3 Å². The molecule has 12 heavy (non-hydrogen) atoms. The van der Waals surface area contributed by atoms with Gasteiger partial charge in [-0.3, -0.25) is 0 Å². The van der Waals surface area contributed by atoms with Crippen molar-refractivity contribution in [2.24, 2.45) is 11.3 Å². The summed E-state index contributed by atoms with van der Waals surface area (Å²) in [6.07, 6.45) is 4.50. The van der Waals surface area contributed by atoms with Gasteiger partial charge in [-0.05, 0) is 11.3 Å². The molecule has 0 aliphatic heterocycles. The Hall–Kier alpha value is 0.0249. The maximum absolute atomic E-state index is 2.26. The topological polar surface area (TPSA) is 31.5 Å². The average molecular weight is 171 g/mol. The van der Waals surface area contributed by atoms with E-state index < -0.39 is 0 Å². The molecule has 0 atom stereocenters. The van der Waals surface area contributed by atoms with Gasteiger partial charge in [-0.1, -0.05) is 53.9 Å². The second kappa shape index (κ2) is 7.66. The molecule has 3 radical (unpaired) electrons. The zero-order chi connectivity index (χ0) is 8.20. The lowest BCUT2D eigenvalue weighted by Gasteiger charge is -2.22. The predicted octanol–water partition coefficient (Wildman–Crippen LogP) is 2.65. The highest BCUT2D eigenvalue weighted by Gasteiger charge is 2.13. The Morgan fingerprint density at radius 1 is 0.917 bits per heavy atom. The fraction of sp³-hybridized carbons (Fsp3) is 1.00. The Morgan fingerprint density at radius 2 is 1.08 bits per heavy atom. The first-order valence-electron chi connectivity index (χ1n) is 4.44. The minimum Gasteiger partial charge on any atom is -0.412 e. The molecule has 0 amide bonds. The van der Waals surface area contributed by atoms with Gasteiger partial charge >= 0.3 is 0 Å². The summed E-state index contributed by atoms with van der Waals surface area (Å²) in [5.41, 5.74) is 0.500. The van der Waals surface area contributed by atoms with E-state index in [1.54, 1.807) is 0 Å². The van der Waals surface area contributed by atoms with Crippen molar-refractivity contribution in [2.45, 2.75) is 53.9 Å². The summed E-state index contributed by atoms with van der Waals surface area (Å²) >= 11 is 0. The van der Waals surface area contributed by atoms with Crippen LogP contribution in [0.15, 0.2) is 0 Å². The van der Waals surface area contributed by atoms with Gasteiger partial charge in [0.1, 0.15) is 0 Å². The van der Waals surface area contributed by atoms with Crippen molar-refractivity contribution >= 4 is 8.41 Å². The normalized spacial score (nSPS) is 13.5. The zero-order valence-corrected chi connectivity index (χ0v) is 9.28. The van der Waals surface area contributed by atoms with Crippen LogP contribution in [-0.4, -0.2) is 13.9 Å². The van der Waals surface area contributed by atoms with Gasteiger partial charge in [-0.15, -0.1) is 0 Å². The van der Waals surface area contributed by atoms with Crippen molar-refractivity contribution in [3.63, 3.8) is 0 Å². The molecule has 0 heterocycles. The molecular formula is C10H24BO. The fourth-order valence-electron chi connectivity index (χ4n) is 0. The summed E-state index contributed by atoms with van der Waals surface area (Å²) in [5.74, 6) is 0.799. The Bertz CT molecular complexity index is 79.6. The minimum atomic E-state index is 0. The highest BCUT2D eigenvalue weighted by atomic mass is 16.0. The van der Waals surface area contributed by atoms with Crippen LogP contribution in [0.4, 0.5) is 0 Å². The molecule has 0 aromatic heterocycles. The first-order valence-corrected chi connectivity index (χ1v) is 4.44. The van der Waals surface area contributed by atoms with E-state index in [1.165, 1.54) is 19.3 Å². The summed E-state index contributed by atoms with van der Waals surface area (Å²) in [5, 5.41) is 0. The first-order chi connectivity index (χ1) is 4.44. The van der Waals surface area contributed by atoms with Crippen molar-refractivity contribution in [2.75, 3.05) is 0 Å². The Labute approximate surface area is 79.8 Å². The molecule has 0 bridgehead atoms. The molecule has 1 aliphatic rings. The Kier molecular flexibility index (Phi) is 11.5. The molecule has 1 fully saturated rings. The Morgan fingerprint density at radius 3 is 1.08 bits per heavy atom. The lowest BCUT2D eigenvalue weighted by Crippen LogP contribution is -2.12. The van der Waals surface area contributed by atoms with Crippen molar-refractivity contribution in [1.29, 1.82) is 0 Å². The molecule has 2 heteroatoms. The SMILES string of the molecule is C1CC1.CC(C)C(C)(C)C.O.[B]. The number of rotatable bonds is 0. The second-order valence-electron chi connectivity index (χ2n) is 4.58. The van der Waals surface area contributed by atoms with E-state index in [0.717, 1.165) is 5.92 Å². The zero-order valence-electron chi connectivity index (χ0n) is 9.28. The maximum atomic E-state index is 2.26. The van der Waals surface area contributed by atoms with Crippen molar-refractivity contribution in [3.8, 4) is 0 Å². The number of hydrogen-bond acceptors (Lipinski definition) is 0. The van der Waals surface area contributed by atoms with Crippen LogP contribution < -0.4 is 0 Å². The monoisotopic (exact) mass is 171 g/mol. The largest absolute Gasteiger partial charge is 0.412 e. The van der Waals surface area contributed by atoms with Crippen LogP contribution in [0.25, 0.3) is 0 Å². The van der Waals surface area contributed by atoms with E-state index in [-0.39, 0.29) is 13.9 Å². The summed E-state index contributed by atoms with van der Waals surface area (Å²) in [4.78, 5) is 0. The summed E-state index contributed by atoms with van der Waals surface area (Å²) in [6.45, 7) is 11.3. The molecule has 1 rings (SSSR count). The lowest BCUT2D eigenvalue weighted by atomic mass is 9.84. The van der Waals surface area contributed by atoms with Gasteiger partial charge in [0.15, 0.2) is 0 Å².